The fraction of sp³-hybridized carbons (Fsp3) is 0.276. The van der Waals surface area contributed by atoms with E-state index in [1.165, 1.54) is 25.3 Å². The van der Waals surface area contributed by atoms with Crippen molar-refractivity contribution in [1.82, 2.24) is 4.90 Å². The van der Waals surface area contributed by atoms with E-state index in [0.717, 1.165) is 24.1 Å². The quantitative estimate of drug-likeness (QED) is 0.362. The van der Waals surface area contributed by atoms with E-state index in [9.17, 15) is 18.8 Å². The summed E-state index contributed by atoms with van der Waals surface area (Å²) in [7, 11) is 3.39. The molecule has 1 fully saturated rings. The van der Waals surface area contributed by atoms with Crippen molar-refractivity contribution in [2.24, 2.45) is 0 Å². The van der Waals surface area contributed by atoms with Crippen molar-refractivity contribution in [3.05, 3.63) is 83.7 Å². The zero-order valence-electron chi connectivity index (χ0n) is 21.8. The van der Waals surface area contributed by atoms with Gasteiger partial charge in [-0.05, 0) is 66.9 Å². The number of likely N-dealkylation sites (N-methyl/N-ethyl adjacent to an activating group) is 1. The molecule has 204 valence electrons. The third-order valence-electron chi connectivity index (χ3n) is 6.73. The molecule has 1 aliphatic rings. The van der Waals surface area contributed by atoms with Crippen LogP contribution in [0.15, 0.2) is 66.7 Å². The molecule has 0 spiro atoms. The monoisotopic (exact) mass is 534 g/mol. The first-order valence-corrected chi connectivity index (χ1v) is 12.6. The zero-order valence-corrected chi connectivity index (χ0v) is 21.8. The molecule has 3 N–H and O–H groups in total. The molecule has 9 nitrogen and oxygen atoms in total. The smallest absolute Gasteiger partial charge is 0.335 e. The second-order valence-corrected chi connectivity index (χ2v) is 9.39. The number of nitrogens with one attached hydrogen (secondary N) is 2. The fourth-order valence-corrected chi connectivity index (χ4v) is 4.70. The first-order chi connectivity index (χ1) is 18.7. The number of likely N-dealkylation sites (tertiary alicyclic amines) is 1. The highest BCUT2D eigenvalue weighted by molar-refractivity contribution is 6.00. The van der Waals surface area contributed by atoms with Crippen molar-refractivity contribution in [3.63, 3.8) is 0 Å². The van der Waals surface area contributed by atoms with Crippen LogP contribution in [-0.2, 0) is 11.2 Å². The van der Waals surface area contributed by atoms with Crippen LogP contribution in [0.3, 0.4) is 0 Å². The maximum absolute atomic E-state index is 13.8. The molecule has 1 saturated heterocycles. The second kappa shape index (κ2) is 12.3. The van der Waals surface area contributed by atoms with Gasteiger partial charge in [-0.15, -0.1) is 0 Å². The molecule has 1 heterocycles. The van der Waals surface area contributed by atoms with Crippen LogP contribution in [0.25, 0.3) is 0 Å². The summed E-state index contributed by atoms with van der Waals surface area (Å²) < 4.78 is 19.3. The van der Waals surface area contributed by atoms with E-state index in [1.807, 2.05) is 16.8 Å². The largest absolute Gasteiger partial charge is 0.495 e. The number of anilines is 3. The Kier molecular flexibility index (Phi) is 8.65. The highest BCUT2D eigenvalue weighted by Crippen LogP contribution is 2.28. The number of rotatable bonds is 9. The molecule has 0 unspecified atom stereocenters. The van der Waals surface area contributed by atoms with Crippen LogP contribution in [0.1, 0.15) is 28.8 Å². The Bertz CT molecular complexity index is 1350. The van der Waals surface area contributed by atoms with Crippen LogP contribution in [0, 0.1) is 5.82 Å². The predicted molar refractivity (Wildman–Crippen MR) is 147 cm³/mol. The Morgan fingerprint density at radius 3 is 2.46 bits per heavy atom. The topological polar surface area (TPSA) is 111 Å². The standard InChI is InChI=1S/C29H31FN4O5/c1-33(21-12-10-20(11-13-21)28(36)37)18-22-6-5-15-34(22)27(35)17-19-9-14-25(26(16-19)39-2)32-29(38)31-24-8-4-3-7-23(24)30/h3-4,7-14,16,22H,5-6,15,17-18H2,1-2H3,(H,36,37)(H2,31,32,38)/t22-/m0/s1. The van der Waals surface area contributed by atoms with Gasteiger partial charge in [0, 0.05) is 31.9 Å². The Labute approximate surface area is 226 Å². The number of hydrogen-bond donors (Lipinski definition) is 3. The minimum absolute atomic E-state index is 0.00724. The second-order valence-electron chi connectivity index (χ2n) is 9.39. The summed E-state index contributed by atoms with van der Waals surface area (Å²) in [4.78, 5) is 40.7. The molecule has 0 saturated carbocycles. The van der Waals surface area contributed by atoms with E-state index in [-0.39, 0.29) is 29.6 Å². The first-order valence-electron chi connectivity index (χ1n) is 12.6. The van der Waals surface area contributed by atoms with Gasteiger partial charge in [-0.1, -0.05) is 18.2 Å². The Morgan fingerprint density at radius 2 is 1.77 bits per heavy atom. The lowest BCUT2D eigenvalue weighted by molar-refractivity contribution is -0.131. The number of amides is 3. The number of methoxy groups -OCH3 is 1. The van der Waals surface area contributed by atoms with Crippen molar-refractivity contribution < 1.29 is 28.6 Å². The van der Waals surface area contributed by atoms with Crippen LogP contribution in [0.2, 0.25) is 0 Å². The van der Waals surface area contributed by atoms with Crippen LogP contribution < -0.4 is 20.3 Å². The average molecular weight is 535 g/mol. The number of carboxylic acids is 1. The molecule has 3 amide bonds. The summed E-state index contributed by atoms with van der Waals surface area (Å²) >= 11 is 0. The molecule has 1 aliphatic heterocycles. The van der Waals surface area contributed by atoms with Crippen molar-refractivity contribution in [2.45, 2.75) is 25.3 Å². The average Bonchev–Trinajstić information content (AvgIpc) is 3.39. The summed E-state index contributed by atoms with van der Waals surface area (Å²) in [5.41, 5.74) is 2.29. The molecular weight excluding hydrogens is 503 g/mol. The number of halogens is 1. The summed E-state index contributed by atoms with van der Waals surface area (Å²) in [6, 6.07) is 17.1. The van der Waals surface area contributed by atoms with Crippen molar-refractivity contribution in [2.75, 3.05) is 42.8 Å². The summed E-state index contributed by atoms with van der Waals surface area (Å²) in [5.74, 6) is -1.14. The number of aromatic carboxylic acids is 1. The molecule has 0 aliphatic carbocycles. The predicted octanol–water partition coefficient (Wildman–Crippen LogP) is 4.85. The number of para-hydroxylation sites is 1. The van der Waals surface area contributed by atoms with E-state index < -0.39 is 17.8 Å². The van der Waals surface area contributed by atoms with E-state index in [0.29, 0.717) is 24.5 Å². The molecule has 0 bridgehead atoms. The lowest BCUT2D eigenvalue weighted by Gasteiger charge is -2.30. The van der Waals surface area contributed by atoms with Crippen molar-refractivity contribution >= 4 is 35.0 Å². The molecule has 3 aromatic carbocycles. The van der Waals surface area contributed by atoms with Crippen molar-refractivity contribution in [3.8, 4) is 5.75 Å². The van der Waals surface area contributed by atoms with Gasteiger partial charge in [0.1, 0.15) is 11.6 Å². The Hall–Kier alpha value is -4.60. The van der Waals surface area contributed by atoms with Gasteiger partial charge in [0.15, 0.2) is 0 Å². The number of hydrogen-bond acceptors (Lipinski definition) is 5. The lowest BCUT2D eigenvalue weighted by Crippen LogP contribution is -2.43. The normalized spacial score (nSPS) is 14.5. The summed E-state index contributed by atoms with van der Waals surface area (Å²) in [5, 5.41) is 14.2. The number of nitrogens with zero attached hydrogens (tertiary/aromatic N) is 2. The van der Waals surface area contributed by atoms with Gasteiger partial charge in [0.25, 0.3) is 0 Å². The van der Waals surface area contributed by atoms with Gasteiger partial charge < -0.3 is 30.3 Å². The summed E-state index contributed by atoms with van der Waals surface area (Å²) in [6.07, 6.45) is 1.96. The van der Waals surface area contributed by atoms with Crippen LogP contribution >= 0.6 is 0 Å². The van der Waals surface area contributed by atoms with Gasteiger partial charge >= 0.3 is 12.0 Å². The van der Waals surface area contributed by atoms with Crippen LogP contribution in [0.5, 0.6) is 5.75 Å². The highest BCUT2D eigenvalue weighted by Gasteiger charge is 2.29. The number of benzene rings is 3. The molecule has 10 heteroatoms. The van der Waals surface area contributed by atoms with E-state index in [1.54, 1.807) is 48.5 Å². The van der Waals surface area contributed by atoms with Gasteiger partial charge in [-0.2, -0.15) is 0 Å². The zero-order chi connectivity index (χ0) is 27.9. The van der Waals surface area contributed by atoms with Gasteiger partial charge in [0.05, 0.1) is 30.5 Å². The molecule has 0 aromatic heterocycles. The third kappa shape index (κ3) is 6.84. The van der Waals surface area contributed by atoms with E-state index >= 15 is 0 Å². The van der Waals surface area contributed by atoms with Gasteiger partial charge in [0.2, 0.25) is 5.91 Å². The minimum Gasteiger partial charge on any atom is -0.495 e. The van der Waals surface area contributed by atoms with E-state index in [2.05, 4.69) is 10.6 Å². The number of carbonyl (C=O) groups is 3. The lowest BCUT2D eigenvalue weighted by atomic mass is 10.1. The number of urea groups is 1. The molecular formula is C29H31FN4O5. The molecule has 0 radical (unpaired) electrons. The maximum atomic E-state index is 13.8. The van der Waals surface area contributed by atoms with Crippen molar-refractivity contribution in [1.29, 1.82) is 0 Å². The fourth-order valence-electron chi connectivity index (χ4n) is 4.70. The molecule has 39 heavy (non-hydrogen) atoms. The van der Waals surface area contributed by atoms with Crippen LogP contribution in [0.4, 0.5) is 26.2 Å². The maximum Gasteiger partial charge on any atom is 0.335 e. The van der Waals surface area contributed by atoms with Crippen LogP contribution in [-0.4, -0.2) is 61.2 Å². The number of carbonyl (C=O) groups excluding carboxylic acids is 2. The third-order valence-corrected chi connectivity index (χ3v) is 6.73. The Morgan fingerprint density at radius 1 is 1.05 bits per heavy atom. The number of ether oxygens (including phenoxy) is 1. The first kappa shape index (κ1) is 27.4. The van der Waals surface area contributed by atoms with Gasteiger partial charge in [-0.25, -0.2) is 14.0 Å². The highest BCUT2D eigenvalue weighted by atomic mass is 19.1. The molecule has 1 atom stereocenters. The summed E-state index contributed by atoms with van der Waals surface area (Å²) in [6.45, 7) is 1.30. The van der Waals surface area contributed by atoms with Gasteiger partial charge in [-0.3, -0.25) is 4.79 Å². The Balaban J connectivity index is 1.37. The molecule has 3 aromatic rings. The van der Waals surface area contributed by atoms with E-state index in [4.69, 9.17) is 9.84 Å². The minimum atomic E-state index is -0.969. The number of carboxylic acid groups (broad SMARTS) is 1. The SMILES string of the molecule is COc1cc(CC(=O)N2CCC[C@H]2CN(C)c2ccc(C(=O)O)cc2)ccc1NC(=O)Nc1ccccc1F. The molecule has 4 rings (SSSR count).